The van der Waals surface area contributed by atoms with Gasteiger partial charge < -0.3 is 14.2 Å². The molecule has 0 radical (unpaired) electrons. The maximum atomic E-state index is 5.74. The molecule has 0 saturated carbocycles. The summed E-state index contributed by atoms with van der Waals surface area (Å²) in [5.41, 5.74) is 3.73. The number of anilines is 2. The summed E-state index contributed by atoms with van der Waals surface area (Å²) in [6.07, 6.45) is 3.17. The van der Waals surface area contributed by atoms with Crippen LogP contribution in [0.1, 0.15) is 5.69 Å². The Bertz CT molecular complexity index is 940. The SMILES string of the molecule is Cc1ncoc1-c1ccc(Nc2ncc(-c3ccccc3)o2)cc1. The quantitative estimate of drug-likeness (QED) is 0.570. The molecule has 0 amide bonds. The molecule has 4 aromatic rings. The molecule has 2 heterocycles. The highest BCUT2D eigenvalue weighted by atomic mass is 16.4. The van der Waals surface area contributed by atoms with E-state index < -0.39 is 0 Å². The van der Waals surface area contributed by atoms with Crippen LogP contribution in [0.2, 0.25) is 0 Å². The second-order valence-corrected chi connectivity index (χ2v) is 5.36. The number of hydrogen-bond donors (Lipinski definition) is 1. The van der Waals surface area contributed by atoms with E-state index in [1.165, 1.54) is 6.39 Å². The molecule has 5 nitrogen and oxygen atoms in total. The number of aryl methyl sites for hydroxylation is 1. The molecule has 118 valence electrons. The van der Waals surface area contributed by atoms with Gasteiger partial charge in [0.25, 0.3) is 6.01 Å². The van der Waals surface area contributed by atoms with Crippen molar-refractivity contribution >= 4 is 11.7 Å². The Balaban J connectivity index is 1.52. The molecule has 0 bridgehead atoms. The van der Waals surface area contributed by atoms with Crippen molar-refractivity contribution in [3.8, 4) is 22.6 Å². The lowest BCUT2D eigenvalue weighted by molar-refractivity contribution is 0.571. The minimum atomic E-state index is 0.456. The molecule has 1 N–H and O–H groups in total. The topological polar surface area (TPSA) is 64.1 Å². The lowest BCUT2D eigenvalue weighted by Crippen LogP contribution is -1.89. The third-order valence-electron chi connectivity index (χ3n) is 3.71. The van der Waals surface area contributed by atoms with E-state index in [9.17, 15) is 0 Å². The van der Waals surface area contributed by atoms with Gasteiger partial charge in [0, 0.05) is 16.8 Å². The molecular formula is C19H15N3O2. The molecule has 0 unspecified atom stereocenters. The summed E-state index contributed by atoms with van der Waals surface area (Å²) in [7, 11) is 0. The first-order valence-electron chi connectivity index (χ1n) is 7.58. The zero-order chi connectivity index (χ0) is 16.4. The second-order valence-electron chi connectivity index (χ2n) is 5.36. The molecule has 2 aromatic heterocycles. The van der Waals surface area contributed by atoms with Crippen LogP contribution in [0.25, 0.3) is 22.6 Å². The van der Waals surface area contributed by atoms with Crippen molar-refractivity contribution in [2.45, 2.75) is 6.92 Å². The predicted octanol–water partition coefficient (Wildman–Crippen LogP) is 5.05. The molecule has 0 aliphatic carbocycles. The maximum absolute atomic E-state index is 5.74. The molecule has 0 aliphatic heterocycles. The van der Waals surface area contributed by atoms with Crippen LogP contribution in [0.15, 0.2) is 76.0 Å². The Morgan fingerprint density at radius 1 is 0.875 bits per heavy atom. The summed E-state index contributed by atoms with van der Waals surface area (Å²) in [5.74, 6) is 1.51. The first-order valence-corrected chi connectivity index (χ1v) is 7.58. The smallest absolute Gasteiger partial charge is 0.299 e. The van der Waals surface area contributed by atoms with Gasteiger partial charge in [-0.1, -0.05) is 30.3 Å². The normalized spacial score (nSPS) is 10.7. The van der Waals surface area contributed by atoms with Gasteiger partial charge in [0.1, 0.15) is 0 Å². The van der Waals surface area contributed by atoms with Crippen molar-refractivity contribution in [3.05, 3.63) is 72.9 Å². The van der Waals surface area contributed by atoms with Crippen LogP contribution in [0, 0.1) is 6.92 Å². The molecule has 0 spiro atoms. The number of oxazole rings is 2. The molecule has 0 fully saturated rings. The summed E-state index contributed by atoms with van der Waals surface area (Å²) >= 11 is 0. The van der Waals surface area contributed by atoms with Crippen LogP contribution in [0.5, 0.6) is 0 Å². The summed E-state index contributed by atoms with van der Waals surface area (Å²) in [6.45, 7) is 1.92. The number of hydrogen-bond acceptors (Lipinski definition) is 5. The Morgan fingerprint density at radius 2 is 1.67 bits per heavy atom. The predicted molar refractivity (Wildman–Crippen MR) is 91.9 cm³/mol. The number of rotatable bonds is 4. The zero-order valence-electron chi connectivity index (χ0n) is 13.1. The van der Waals surface area contributed by atoms with Crippen molar-refractivity contribution in [1.29, 1.82) is 0 Å². The summed E-state index contributed by atoms with van der Waals surface area (Å²) in [6, 6.07) is 18.2. The fourth-order valence-corrected chi connectivity index (χ4v) is 2.48. The van der Waals surface area contributed by atoms with Gasteiger partial charge in [-0.3, -0.25) is 0 Å². The van der Waals surface area contributed by atoms with Gasteiger partial charge in [0.05, 0.1) is 11.9 Å². The molecule has 2 aromatic carbocycles. The minimum absolute atomic E-state index is 0.456. The molecule has 24 heavy (non-hydrogen) atoms. The Labute approximate surface area is 139 Å². The van der Waals surface area contributed by atoms with E-state index in [1.54, 1.807) is 6.20 Å². The van der Waals surface area contributed by atoms with E-state index in [1.807, 2.05) is 61.5 Å². The standard InChI is InChI=1S/C19H15N3O2/c1-13-18(23-12-21-13)15-7-9-16(10-8-15)22-19-20-11-17(24-19)14-5-3-2-4-6-14/h2-12H,1H3,(H,20,22). The van der Waals surface area contributed by atoms with E-state index in [4.69, 9.17) is 8.83 Å². The highest BCUT2D eigenvalue weighted by Gasteiger charge is 2.08. The van der Waals surface area contributed by atoms with E-state index >= 15 is 0 Å². The average molecular weight is 317 g/mol. The molecule has 0 atom stereocenters. The molecule has 4 rings (SSSR count). The van der Waals surface area contributed by atoms with Crippen molar-refractivity contribution in [2.24, 2.45) is 0 Å². The van der Waals surface area contributed by atoms with E-state index in [-0.39, 0.29) is 0 Å². The number of nitrogens with zero attached hydrogens (tertiary/aromatic N) is 2. The van der Waals surface area contributed by atoms with Crippen LogP contribution >= 0.6 is 0 Å². The third kappa shape index (κ3) is 2.79. The van der Waals surface area contributed by atoms with Gasteiger partial charge in [0.15, 0.2) is 17.9 Å². The van der Waals surface area contributed by atoms with Crippen molar-refractivity contribution in [2.75, 3.05) is 5.32 Å². The average Bonchev–Trinajstić information content (AvgIpc) is 3.26. The third-order valence-corrected chi connectivity index (χ3v) is 3.71. The highest BCUT2D eigenvalue weighted by molar-refractivity contribution is 5.65. The number of benzene rings is 2. The molecule has 5 heteroatoms. The molecular weight excluding hydrogens is 302 g/mol. The minimum Gasteiger partial charge on any atom is -0.443 e. The second kappa shape index (κ2) is 6.04. The highest BCUT2D eigenvalue weighted by Crippen LogP contribution is 2.27. The van der Waals surface area contributed by atoms with Gasteiger partial charge in [-0.15, -0.1) is 0 Å². The van der Waals surface area contributed by atoms with E-state index in [0.29, 0.717) is 6.01 Å². The van der Waals surface area contributed by atoms with Crippen LogP contribution in [-0.4, -0.2) is 9.97 Å². The first-order chi connectivity index (χ1) is 11.8. The zero-order valence-corrected chi connectivity index (χ0v) is 13.1. The van der Waals surface area contributed by atoms with Crippen LogP contribution < -0.4 is 5.32 Å². The summed E-state index contributed by atoms with van der Waals surface area (Å²) in [4.78, 5) is 8.38. The van der Waals surface area contributed by atoms with Crippen molar-refractivity contribution in [1.82, 2.24) is 9.97 Å². The monoisotopic (exact) mass is 317 g/mol. The van der Waals surface area contributed by atoms with Gasteiger partial charge >= 0.3 is 0 Å². The molecule has 0 aliphatic rings. The van der Waals surface area contributed by atoms with E-state index in [2.05, 4.69) is 15.3 Å². The Kier molecular flexibility index (Phi) is 3.59. The lowest BCUT2D eigenvalue weighted by Gasteiger charge is -2.03. The number of aromatic nitrogens is 2. The van der Waals surface area contributed by atoms with Gasteiger partial charge in [-0.25, -0.2) is 9.97 Å². The summed E-state index contributed by atoms with van der Waals surface area (Å²) < 4.78 is 11.1. The van der Waals surface area contributed by atoms with Gasteiger partial charge in [-0.2, -0.15) is 0 Å². The maximum Gasteiger partial charge on any atom is 0.299 e. The summed E-state index contributed by atoms with van der Waals surface area (Å²) in [5, 5.41) is 3.16. The lowest BCUT2D eigenvalue weighted by atomic mass is 10.1. The van der Waals surface area contributed by atoms with Gasteiger partial charge in [-0.05, 0) is 31.2 Å². The van der Waals surface area contributed by atoms with Crippen molar-refractivity contribution < 1.29 is 8.83 Å². The van der Waals surface area contributed by atoms with Crippen LogP contribution in [-0.2, 0) is 0 Å². The van der Waals surface area contributed by atoms with Crippen LogP contribution in [0.4, 0.5) is 11.7 Å². The Morgan fingerprint density at radius 3 is 2.38 bits per heavy atom. The fraction of sp³-hybridized carbons (Fsp3) is 0.0526. The first kappa shape index (κ1) is 14.3. The van der Waals surface area contributed by atoms with Crippen LogP contribution in [0.3, 0.4) is 0 Å². The Hall–Kier alpha value is -3.34. The largest absolute Gasteiger partial charge is 0.443 e. The van der Waals surface area contributed by atoms with Crippen molar-refractivity contribution in [3.63, 3.8) is 0 Å². The van der Waals surface area contributed by atoms with Gasteiger partial charge in [0.2, 0.25) is 0 Å². The number of nitrogens with one attached hydrogen (secondary N) is 1. The van der Waals surface area contributed by atoms with E-state index in [0.717, 1.165) is 34.0 Å². The fourth-order valence-electron chi connectivity index (χ4n) is 2.48. The molecule has 0 saturated heterocycles.